The summed E-state index contributed by atoms with van der Waals surface area (Å²) in [5.74, 6) is -0.199. The van der Waals surface area contributed by atoms with E-state index in [9.17, 15) is 9.59 Å². The zero-order valence-electron chi connectivity index (χ0n) is 10.1. The lowest BCUT2D eigenvalue weighted by molar-refractivity contribution is -0.120. The van der Waals surface area contributed by atoms with Crippen LogP contribution < -0.4 is 21.3 Å². The molecule has 0 bridgehead atoms. The van der Waals surface area contributed by atoms with Crippen molar-refractivity contribution in [1.82, 2.24) is 5.32 Å². The maximum atomic E-state index is 11.6. The second kappa shape index (κ2) is 4.50. The molecule has 19 heavy (non-hydrogen) atoms. The lowest BCUT2D eigenvalue weighted by atomic mass is 10.1. The van der Waals surface area contributed by atoms with Crippen LogP contribution in [0, 0.1) is 0 Å². The molecular weight excluding hydrogens is 312 g/mol. The Labute approximate surface area is 118 Å². The van der Waals surface area contributed by atoms with Crippen LogP contribution in [0.15, 0.2) is 16.6 Å². The van der Waals surface area contributed by atoms with Gasteiger partial charge in [0.25, 0.3) is 0 Å². The molecule has 2 aliphatic rings. The summed E-state index contributed by atoms with van der Waals surface area (Å²) < 4.78 is 0.841. The Morgan fingerprint density at radius 1 is 1.37 bits per heavy atom. The molecule has 0 aliphatic carbocycles. The first-order valence-electron chi connectivity index (χ1n) is 5.98. The average Bonchev–Trinajstić information content (AvgIpc) is 2.65. The van der Waals surface area contributed by atoms with E-state index < -0.39 is 6.04 Å². The molecule has 100 valence electrons. The molecule has 1 aromatic carbocycles. The van der Waals surface area contributed by atoms with Crippen molar-refractivity contribution in [2.45, 2.75) is 6.04 Å². The van der Waals surface area contributed by atoms with E-state index in [-0.39, 0.29) is 11.8 Å². The summed E-state index contributed by atoms with van der Waals surface area (Å²) >= 11 is 3.48. The quantitative estimate of drug-likeness (QED) is 0.695. The number of nitrogens with two attached hydrogens (primary N) is 1. The largest absolute Gasteiger partial charge is 0.359 e. The minimum atomic E-state index is -0.620. The lowest BCUT2D eigenvalue weighted by Crippen LogP contribution is -2.47. The van der Waals surface area contributed by atoms with Gasteiger partial charge in [0.1, 0.15) is 6.04 Å². The maximum absolute atomic E-state index is 11.6. The van der Waals surface area contributed by atoms with Gasteiger partial charge in [-0.2, -0.15) is 0 Å². The summed E-state index contributed by atoms with van der Waals surface area (Å²) in [6.07, 6.45) is 0. The number of fused-ring (bicyclic) bond motifs is 1. The predicted molar refractivity (Wildman–Crippen MR) is 74.9 cm³/mol. The first kappa shape index (κ1) is 12.4. The minimum Gasteiger partial charge on any atom is -0.359 e. The van der Waals surface area contributed by atoms with Crippen molar-refractivity contribution >= 4 is 39.1 Å². The van der Waals surface area contributed by atoms with Gasteiger partial charge in [-0.1, -0.05) is 0 Å². The van der Waals surface area contributed by atoms with Gasteiger partial charge < -0.3 is 21.3 Å². The Balaban J connectivity index is 1.98. The molecule has 0 aromatic heterocycles. The van der Waals surface area contributed by atoms with Gasteiger partial charge >= 0.3 is 0 Å². The molecule has 0 saturated carbocycles. The fourth-order valence-corrected chi connectivity index (χ4v) is 2.99. The van der Waals surface area contributed by atoms with E-state index in [1.165, 1.54) is 0 Å². The highest BCUT2D eigenvalue weighted by Crippen LogP contribution is 2.38. The van der Waals surface area contributed by atoms with E-state index in [2.05, 4.69) is 26.6 Å². The van der Waals surface area contributed by atoms with Gasteiger partial charge in [0.05, 0.1) is 12.2 Å². The van der Waals surface area contributed by atoms with Gasteiger partial charge in [0.2, 0.25) is 11.8 Å². The number of carbonyl (C=O) groups is 2. The van der Waals surface area contributed by atoms with Crippen LogP contribution in [0.5, 0.6) is 0 Å². The summed E-state index contributed by atoms with van der Waals surface area (Å²) in [5.41, 5.74) is 8.19. The molecular formula is C12H13BrN4O2. The molecule has 1 saturated heterocycles. The standard InChI is InChI=1S/C12H13BrN4O2/c13-7-3-6-8(16-12(19)11(6)14)4-9(7)17-2-1-15-10(18)5-17/h3-4,11H,1-2,5,14H2,(H,15,18)(H,16,19). The lowest BCUT2D eigenvalue weighted by Gasteiger charge is -2.29. The normalized spacial score (nSPS) is 22.0. The van der Waals surface area contributed by atoms with Crippen LogP contribution in [0.2, 0.25) is 0 Å². The van der Waals surface area contributed by atoms with Crippen LogP contribution in [0.3, 0.4) is 0 Å². The average molecular weight is 325 g/mol. The molecule has 2 aliphatic heterocycles. The number of carbonyl (C=O) groups excluding carboxylic acids is 2. The van der Waals surface area contributed by atoms with Crippen LogP contribution in [-0.2, 0) is 9.59 Å². The second-order valence-electron chi connectivity index (χ2n) is 4.63. The van der Waals surface area contributed by atoms with Crippen LogP contribution in [0.25, 0.3) is 0 Å². The summed E-state index contributed by atoms with van der Waals surface area (Å²) in [7, 11) is 0. The molecule has 1 fully saturated rings. The van der Waals surface area contributed by atoms with Crippen LogP contribution in [0.1, 0.15) is 11.6 Å². The molecule has 6 nitrogen and oxygen atoms in total. The number of rotatable bonds is 1. The van der Waals surface area contributed by atoms with Crippen LogP contribution >= 0.6 is 15.9 Å². The van der Waals surface area contributed by atoms with Crippen molar-refractivity contribution in [1.29, 1.82) is 0 Å². The van der Waals surface area contributed by atoms with E-state index in [1.807, 2.05) is 17.0 Å². The number of nitrogens with zero attached hydrogens (tertiary/aromatic N) is 1. The van der Waals surface area contributed by atoms with Gasteiger partial charge in [-0.25, -0.2) is 0 Å². The van der Waals surface area contributed by atoms with Crippen molar-refractivity contribution in [2.75, 3.05) is 29.9 Å². The van der Waals surface area contributed by atoms with E-state index in [0.717, 1.165) is 28.0 Å². The van der Waals surface area contributed by atoms with Gasteiger partial charge in [-0.05, 0) is 28.1 Å². The number of benzene rings is 1. The van der Waals surface area contributed by atoms with Crippen molar-refractivity contribution in [2.24, 2.45) is 5.73 Å². The third kappa shape index (κ3) is 2.08. The molecule has 0 radical (unpaired) electrons. The van der Waals surface area contributed by atoms with Crippen LogP contribution in [0.4, 0.5) is 11.4 Å². The Morgan fingerprint density at radius 2 is 2.16 bits per heavy atom. The Kier molecular flexibility index (Phi) is 2.94. The summed E-state index contributed by atoms with van der Waals surface area (Å²) in [5, 5.41) is 5.54. The SMILES string of the molecule is NC1C(=O)Nc2cc(N3CCNC(=O)C3)c(Br)cc21. The Hall–Kier alpha value is -1.60. The van der Waals surface area contributed by atoms with Gasteiger partial charge in [0, 0.05) is 28.8 Å². The number of halogens is 1. The highest BCUT2D eigenvalue weighted by atomic mass is 79.9. The Morgan fingerprint density at radius 3 is 2.89 bits per heavy atom. The molecule has 2 amide bonds. The summed E-state index contributed by atoms with van der Waals surface area (Å²) in [6, 6.07) is 3.09. The number of amides is 2. The zero-order valence-corrected chi connectivity index (χ0v) is 11.7. The maximum Gasteiger partial charge on any atom is 0.245 e. The second-order valence-corrected chi connectivity index (χ2v) is 5.48. The molecule has 2 heterocycles. The van der Waals surface area contributed by atoms with E-state index >= 15 is 0 Å². The predicted octanol–water partition coefficient (Wildman–Crippen LogP) is 0.337. The van der Waals surface area contributed by atoms with E-state index in [4.69, 9.17) is 5.73 Å². The van der Waals surface area contributed by atoms with Crippen molar-refractivity contribution in [3.05, 3.63) is 22.2 Å². The topological polar surface area (TPSA) is 87.5 Å². The fourth-order valence-electron chi connectivity index (χ4n) is 2.38. The zero-order chi connectivity index (χ0) is 13.6. The monoisotopic (exact) mass is 324 g/mol. The molecule has 7 heteroatoms. The number of hydrogen-bond acceptors (Lipinski definition) is 4. The smallest absolute Gasteiger partial charge is 0.245 e. The van der Waals surface area contributed by atoms with Crippen molar-refractivity contribution in [3.63, 3.8) is 0 Å². The number of hydrogen-bond donors (Lipinski definition) is 3. The molecule has 4 N–H and O–H groups in total. The third-order valence-corrected chi connectivity index (χ3v) is 4.01. The van der Waals surface area contributed by atoms with E-state index in [0.29, 0.717) is 13.1 Å². The van der Waals surface area contributed by atoms with Crippen molar-refractivity contribution in [3.8, 4) is 0 Å². The summed E-state index contributed by atoms with van der Waals surface area (Å²) in [4.78, 5) is 25.0. The third-order valence-electron chi connectivity index (χ3n) is 3.37. The Bertz CT molecular complexity index is 575. The first-order valence-corrected chi connectivity index (χ1v) is 6.77. The number of anilines is 2. The molecule has 1 aromatic rings. The van der Waals surface area contributed by atoms with Crippen molar-refractivity contribution < 1.29 is 9.59 Å². The van der Waals surface area contributed by atoms with Gasteiger partial charge in [-0.3, -0.25) is 9.59 Å². The summed E-state index contributed by atoms with van der Waals surface area (Å²) in [6.45, 7) is 1.68. The molecule has 1 atom stereocenters. The fraction of sp³-hybridized carbons (Fsp3) is 0.333. The van der Waals surface area contributed by atoms with Gasteiger partial charge in [-0.15, -0.1) is 0 Å². The van der Waals surface area contributed by atoms with Gasteiger partial charge in [0.15, 0.2) is 0 Å². The first-order chi connectivity index (χ1) is 9.06. The van der Waals surface area contributed by atoms with E-state index in [1.54, 1.807) is 0 Å². The molecule has 3 rings (SSSR count). The number of piperazine rings is 1. The van der Waals surface area contributed by atoms with Crippen LogP contribution in [-0.4, -0.2) is 31.4 Å². The highest BCUT2D eigenvalue weighted by Gasteiger charge is 2.29. The molecule has 0 spiro atoms. The molecule has 1 unspecified atom stereocenters. The number of nitrogens with one attached hydrogen (secondary N) is 2. The minimum absolute atomic E-state index is 0.000569. The highest BCUT2D eigenvalue weighted by molar-refractivity contribution is 9.10.